The molecule has 0 heterocycles. The van der Waals surface area contributed by atoms with Crippen LogP contribution in [0.3, 0.4) is 0 Å². The van der Waals surface area contributed by atoms with Gasteiger partial charge in [0.15, 0.2) is 0 Å². The Morgan fingerprint density at radius 3 is 2.62 bits per heavy atom. The van der Waals surface area contributed by atoms with Crippen molar-refractivity contribution in [2.24, 2.45) is 0 Å². The van der Waals surface area contributed by atoms with E-state index >= 15 is 0 Å². The lowest BCUT2D eigenvalue weighted by atomic mass is 10.3. The first-order chi connectivity index (χ1) is 10.2. The second kappa shape index (κ2) is 7.69. The van der Waals surface area contributed by atoms with Crippen LogP contribution in [0.2, 0.25) is 0 Å². The van der Waals surface area contributed by atoms with E-state index in [9.17, 15) is 9.18 Å². The number of nitrogens with one attached hydrogen (secondary N) is 1. The molecule has 0 unspecified atom stereocenters. The molecule has 3 nitrogen and oxygen atoms in total. The van der Waals surface area contributed by atoms with Gasteiger partial charge in [0.05, 0.1) is 12.8 Å². The lowest BCUT2D eigenvalue weighted by Gasteiger charge is -2.09. The fraction of sp³-hybridized carbons (Fsp3) is 0.188. The van der Waals surface area contributed by atoms with Crippen molar-refractivity contribution in [1.82, 2.24) is 0 Å². The zero-order chi connectivity index (χ0) is 15.1. The summed E-state index contributed by atoms with van der Waals surface area (Å²) < 4.78 is 17.9. The highest BCUT2D eigenvalue weighted by atomic mass is 32.2. The monoisotopic (exact) mass is 305 g/mol. The molecular formula is C16H16FNO2S. The molecule has 0 saturated carbocycles. The second-order valence-corrected chi connectivity index (χ2v) is 5.47. The maximum absolute atomic E-state index is 12.8. The summed E-state index contributed by atoms with van der Waals surface area (Å²) in [5, 5.41) is 2.82. The van der Waals surface area contributed by atoms with Gasteiger partial charge in [-0.15, -0.1) is 11.8 Å². The number of hydrogen-bond donors (Lipinski definition) is 1. The maximum atomic E-state index is 12.8. The fourth-order valence-electron chi connectivity index (χ4n) is 1.75. The number of anilines is 1. The van der Waals surface area contributed by atoms with Crippen molar-refractivity contribution in [2.45, 2.75) is 11.3 Å². The van der Waals surface area contributed by atoms with Gasteiger partial charge in [-0.1, -0.05) is 12.1 Å². The SMILES string of the molecule is COc1ccccc1NC(=O)CCSc1ccc(F)cc1. The van der Waals surface area contributed by atoms with Gasteiger partial charge in [-0.25, -0.2) is 4.39 Å². The van der Waals surface area contributed by atoms with E-state index in [4.69, 9.17) is 4.74 Å². The highest BCUT2D eigenvalue weighted by Crippen LogP contribution is 2.24. The Morgan fingerprint density at radius 1 is 1.19 bits per heavy atom. The number of thioether (sulfide) groups is 1. The Bertz CT molecular complexity index is 601. The van der Waals surface area contributed by atoms with Gasteiger partial charge in [-0.3, -0.25) is 4.79 Å². The molecule has 2 aromatic carbocycles. The van der Waals surface area contributed by atoms with E-state index in [0.717, 1.165) is 4.90 Å². The van der Waals surface area contributed by atoms with E-state index in [-0.39, 0.29) is 11.7 Å². The van der Waals surface area contributed by atoms with Crippen LogP contribution in [0.4, 0.5) is 10.1 Å². The van der Waals surface area contributed by atoms with Crippen molar-refractivity contribution in [3.63, 3.8) is 0 Å². The molecule has 0 fully saturated rings. The van der Waals surface area contributed by atoms with Gasteiger partial charge in [0, 0.05) is 17.1 Å². The molecule has 21 heavy (non-hydrogen) atoms. The predicted molar refractivity (Wildman–Crippen MR) is 83.4 cm³/mol. The van der Waals surface area contributed by atoms with E-state index in [2.05, 4.69) is 5.32 Å². The molecule has 0 spiro atoms. The van der Waals surface area contributed by atoms with Crippen LogP contribution in [-0.4, -0.2) is 18.8 Å². The number of rotatable bonds is 6. The van der Waals surface area contributed by atoms with Crippen LogP contribution in [-0.2, 0) is 4.79 Å². The average Bonchev–Trinajstić information content (AvgIpc) is 2.50. The van der Waals surface area contributed by atoms with Crippen molar-refractivity contribution in [1.29, 1.82) is 0 Å². The van der Waals surface area contributed by atoms with Crippen LogP contribution in [0.25, 0.3) is 0 Å². The highest BCUT2D eigenvalue weighted by Gasteiger charge is 2.07. The minimum Gasteiger partial charge on any atom is -0.495 e. The number of ether oxygens (including phenoxy) is 1. The highest BCUT2D eigenvalue weighted by molar-refractivity contribution is 7.99. The summed E-state index contributed by atoms with van der Waals surface area (Å²) in [6.45, 7) is 0. The number of methoxy groups -OCH3 is 1. The second-order valence-electron chi connectivity index (χ2n) is 4.30. The minimum atomic E-state index is -0.256. The van der Waals surface area contributed by atoms with Crippen LogP contribution in [0.1, 0.15) is 6.42 Å². The molecule has 0 aliphatic rings. The topological polar surface area (TPSA) is 38.3 Å². The van der Waals surface area contributed by atoms with Gasteiger partial charge in [0.2, 0.25) is 5.91 Å². The average molecular weight is 305 g/mol. The summed E-state index contributed by atoms with van der Waals surface area (Å²) in [6, 6.07) is 13.5. The fourth-order valence-corrected chi connectivity index (χ4v) is 2.60. The van der Waals surface area contributed by atoms with Crippen LogP contribution < -0.4 is 10.1 Å². The molecule has 2 aromatic rings. The molecule has 1 N–H and O–H groups in total. The summed E-state index contributed by atoms with van der Waals surface area (Å²) >= 11 is 1.52. The van der Waals surface area contributed by atoms with Crippen LogP contribution in [0, 0.1) is 5.82 Å². The Balaban J connectivity index is 1.81. The van der Waals surface area contributed by atoms with Gasteiger partial charge < -0.3 is 10.1 Å². The zero-order valence-electron chi connectivity index (χ0n) is 11.6. The molecule has 5 heteroatoms. The molecule has 0 radical (unpaired) electrons. The molecule has 0 aromatic heterocycles. The summed E-state index contributed by atoms with van der Waals surface area (Å²) in [5.41, 5.74) is 0.664. The molecule has 0 saturated heterocycles. The third-order valence-corrected chi connectivity index (χ3v) is 3.81. The number of benzene rings is 2. The van der Waals surface area contributed by atoms with Crippen molar-refractivity contribution in [2.75, 3.05) is 18.2 Å². The molecule has 0 bridgehead atoms. The predicted octanol–water partition coefficient (Wildman–Crippen LogP) is 3.96. The molecule has 2 rings (SSSR count). The Morgan fingerprint density at radius 2 is 1.90 bits per heavy atom. The van der Waals surface area contributed by atoms with E-state index in [1.807, 2.05) is 12.1 Å². The lowest BCUT2D eigenvalue weighted by Crippen LogP contribution is -2.12. The van der Waals surface area contributed by atoms with Crippen LogP contribution in [0.5, 0.6) is 5.75 Å². The number of para-hydroxylation sites is 2. The van der Waals surface area contributed by atoms with Crippen LogP contribution in [0.15, 0.2) is 53.4 Å². The maximum Gasteiger partial charge on any atom is 0.225 e. The normalized spacial score (nSPS) is 10.2. The van der Waals surface area contributed by atoms with E-state index in [1.54, 1.807) is 31.4 Å². The quantitative estimate of drug-likeness (QED) is 0.821. The molecule has 0 atom stereocenters. The van der Waals surface area contributed by atoms with E-state index in [0.29, 0.717) is 23.6 Å². The first-order valence-electron chi connectivity index (χ1n) is 6.50. The minimum absolute atomic E-state index is 0.0749. The third-order valence-electron chi connectivity index (χ3n) is 2.79. The summed E-state index contributed by atoms with van der Waals surface area (Å²) in [7, 11) is 1.56. The first kappa shape index (κ1) is 15.4. The van der Waals surface area contributed by atoms with Gasteiger partial charge in [-0.05, 0) is 36.4 Å². The van der Waals surface area contributed by atoms with Crippen molar-refractivity contribution < 1.29 is 13.9 Å². The van der Waals surface area contributed by atoms with Gasteiger partial charge in [-0.2, -0.15) is 0 Å². The van der Waals surface area contributed by atoms with Crippen LogP contribution >= 0.6 is 11.8 Å². The lowest BCUT2D eigenvalue weighted by molar-refractivity contribution is -0.115. The number of amides is 1. The summed E-state index contributed by atoms with van der Waals surface area (Å²) in [4.78, 5) is 12.8. The van der Waals surface area contributed by atoms with Crippen molar-refractivity contribution >= 4 is 23.4 Å². The van der Waals surface area contributed by atoms with Gasteiger partial charge in [0.25, 0.3) is 0 Å². The smallest absolute Gasteiger partial charge is 0.225 e. The third kappa shape index (κ3) is 4.79. The van der Waals surface area contributed by atoms with E-state index in [1.165, 1.54) is 23.9 Å². The number of hydrogen-bond acceptors (Lipinski definition) is 3. The van der Waals surface area contributed by atoms with E-state index < -0.39 is 0 Å². The van der Waals surface area contributed by atoms with Gasteiger partial charge >= 0.3 is 0 Å². The summed E-state index contributed by atoms with van der Waals surface area (Å²) in [6.07, 6.45) is 0.375. The van der Waals surface area contributed by atoms with Crippen molar-refractivity contribution in [3.05, 3.63) is 54.3 Å². The summed E-state index contributed by atoms with van der Waals surface area (Å²) in [5.74, 6) is 0.937. The first-order valence-corrected chi connectivity index (χ1v) is 7.49. The molecular weight excluding hydrogens is 289 g/mol. The molecule has 1 amide bonds. The standard InChI is InChI=1S/C16H16FNO2S/c1-20-15-5-3-2-4-14(15)18-16(19)10-11-21-13-8-6-12(17)7-9-13/h2-9H,10-11H2,1H3,(H,18,19). The zero-order valence-corrected chi connectivity index (χ0v) is 12.5. The number of halogens is 1. The number of carbonyl (C=O) groups is 1. The Labute approximate surface area is 127 Å². The molecule has 0 aliphatic heterocycles. The largest absolute Gasteiger partial charge is 0.495 e. The number of carbonyl (C=O) groups excluding carboxylic acids is 1. The van der Waals surface area contributed by atoms with Crippen molar-refractivity contribution in [3.8, 4) is 5.75 Å². The Kier molecular flexibility index (Phi) is 5.63. The molecule has 0 aliphatic carbocycles. The Hall–Kier alpha value is -2.01. The van der Waals surface area contributed by atoms with Gasteiger partial charge in [0.1, 0.15) is 11.6 Å². The molecule has 110 valence electrons.